The SMILES string of the molecule is CC(C)OC(=O)N1CCC(C(C)Oc2cnc(-c3ccc(S(C)(=O)=O)cc3)cn2)CC1. The largest absolute Gasteiger partial charge is 0.473 e. The summed E-state index contributed by atoms with van der Waals surface area (Å²) in [5.41, 5.74) is 1.41. The topological polar surface area (TPSA) is 98.7 Å². The second kappa shape index (κ2) is 9.64. The Balaban J connectivity index is 1.55. The first-order valence-corrected chi connectivity index (χ1v) is 12.3. The lowest BCUT2D eigenvalue weighted by atomic mass is 9.92. The smallest absolute Gasteiger partial charge is 0.410 e. The number of hydrogen-bond donors (Lipinski definition) is 0. The number of piperidine rings is 1. The second-order valence-electron chi connectivity index (χ2n) is 8.12. The van der Waals surface area contributed by atoms with E-state index in [1.807, 2.05) is 20.8 Å². The highest BCUT2D eigenvalue weighted by Gasteiger charge is 2.28. The molecule has 1 aliphatic heterocycles. The zero-order valence-corrected chi connectivity index (χ0v) is 19.1. The number of carbonyl (C=O) groups is 1. The Kier molecular flexibility index (Phi) is 7.15. The van der Waals surface area contributed by atoms with Gasteiger partial charge in [0.05, 0.1) is 29.1 Å². The van der Waals surface area contributed by atoms with Gasteiger partial charge in [-0.15, -0.1) is 0 Å². The minimum absolute atomic E-state index is 0.0579. The molecule has 1 saturated heterocycles. The summed E-state index contributed by atoms with van der Waals surface area (Å²) in [5, 5.41) is 0. The van der Waals surface area contributed by atoms with Crippen molar-refractivity contribution in [2.24, 2.45) is 5.92 Å². The molecule has 0 N–H and O–H groups in total. The van der Waals surface area contributed by atoms with Crippen molar-refractivity contribution in [1.29, 1.82) is 0 Å². The first-order valence-electron chi connectivity index (χ1n) is 10.4. The summed E-state index contributed by atoms with van der Waals surface area (Å²) >= 11 is 0. The molecule has 168 valence electrons. The van der Waals surface area contributed by atoms with Crippen molar-refractivity contribution < 1.29 is 22.7 Å². The first-order chi connectivity index (χ1) is 14.6. The van der Waals surface area contributed by atoms with E-state index in [9.17, 15) is 13.2 Å². The molecule has 1 aromatic heterocycles. The van der Waals surface area contributed by atoms with Crippen molar-refractivity contribution >= 4 is 15.9 Å². The number of nitrogens with zero attached hydrogens (tertiary/aromatic N) is 3. The summed E-state index contributed by atoms with van der Waals surface area (Å²) in [4.78, 5) is 22.8. The minimum atomic E-state index is -3.23. The standard InChI is InChI=1S/C22H29N3O5S/c1-15(2)29-22(26)25-11-9-17(10-12-25)16(3)30-21-14-23-20(13-24-21)18-5-7-19(8-6-18)31(4,27)28/h5-8,13-17H,9-12H2,1-4H3. The van der Waals surface area contributed by atoms with Gasteiger partial charge in [-0.25, -0.2) is 23.2 Å². The van der Waals surface area contributed by atoms with Crippen LogP contribution in [0.1, 0.15) is 33.6 Å². The van der Waals surface area contributed by atoms with Crippen LogP contribution in [0.3, 0.4) is 0 Å². The van der Waals surface area contributed by atoms with E-state index in [0.717, 1.165) is 18.4 Å². The average Bonchev–Trinajstić information content (AvgIpc) is 2.73. The van der Waals surface area contributed by atoms with Crippen molar-refractivity contribution in [3.05, 3.63) is 36.7 Å². The summed E-state index contributed by atoms with van der Waals surface area (Å²) in [6.07, 6.45) is 5.61. The summed E-state index contributed by atoms with van der Waals surface area (Å²) < 4.78 is 34.4. The minimum Gasteiger partial charge on any atom is -0.473 e. The summed E-state index contributed by atoms with van der Waals surface area (Å²) in [6, 6.07) is 6.54. The van der Waals surface area contributed by atoms with E-state index in [1.165, 1.54) is 6.26 Å². The maximum atomic E-state index is 12.0. The van der Waals surface area contributed by atoms with Gasteiger partial charge >= 0.3 is 6.09 Å². The number of sulfone groups is 1. The van der Waals surface area contributed by atoms with Crippen LogP contribution in [-0.4, -0.2) is 60.9 Å². The van der Waals surface area contributed by atoms with Crippen LogP contribution in [0, 0.1) is 5.92 Å². The molecule has 2 aromatic rings. The molecular formula is C22H29N3O5S. The normalized spacial score (nSPS) is 16.2. The van der Waals surface area contributed by atoms with Crippen molar-refractivity contribution in [3.8, 4) is 17.1 Å². The highest BCUT2D eigenvalue weighted by Crippen LogP contribution is 2.25. The molecule has 1 atom stereocenters. The van der Waals surface area contributed by atoms with Crippen LogP contribution in [0.4, 0.5) is 4.79 Å². The van der Waals surface area contributed by atoms with Gasteiger partial charge in [0.25, 0.3) is 0 Å². The van der Waals surface area contributed by atoms with Crippen molar-refractivity contribution in [3.63, 3.8) is 0 Å². The number of ether oxygens (including phenoxy) is 2. The number of aromatic nitrogens is 2. The van der Waals surface area contributed by atoms with E-state index >= 15 is 0 Å². The molecule has 31 heavy (non-hydrogen) atoms. The van der Waals surface area contributed by atoms with Gasteiger partial charge in [-0.1, -0.05) is 12.1 Å². The molecular weight excluding hydrogens is 418 g/mol. The highest BCUT2D eigenvalue weighted by molar-refractivity contribution is 7.90. The van der Waals surface area contributed by atoms with Gasteiger partial charge in [-0.3, -0.25) is 0 Å². The Hall–Kier alpha value is -2.68. The molecule has 0 bridgehead atoms. The Morgan fingerprint density at radius 3 is 2.23 bits per heavy atom. The number of benzene rings is 1. The molecule has 2 heterocycles. The van der Waals surface area contributed by atoms with Gasteiger partial charge in [-0.05, 0) is 51.7 Å². The molecule has 0 saturated carbocycles. The summed E-state index contributed by atoms with van der Waals surface area (Å²) in [6.45, 7) is 7.00. The lowest BCUT2D eigenvalue weighted by molar-refractivity contribution is 0.0485. The molecule has 1 unspecified atom stereocenters. The Labute approximate surface area is 183 Å². The Bertz CT molecular complexity index is 983. The van der Waals surface area contributed by atoms with E-state index in [2.05, 4.69) is 9.97 Å². The molecule has 1 amide bonds. The van der Waals surface area contributed by atoms with Crippen molar-refractivity contribution in [1.82, 2.24) is 14.9 Å². The third-order valence-electron chi connectivity index (χ3n) is 5.31. The molecule has 0 aliphatic carbocycles. The predicted molar refractivity (Wildman–Crippen MR) is 117 cm³/mol. The lowest BCUT2D eigenvalue weighted by Gasteiger charge is -2.34. The Morgan fingerprint density at radius 1 is 1.06 bits per heavy atom. The molecule has 1 aliphatic rings. The fourth-order valence-electron chi connectivity index (χ4n) is 3.51. The molecule has 0 radical (unpaired) electrons. The summed E-state index contributed by atoms with van der Waals surface area (Å²) in [5.74, 6) is 0.749. The fraction of sp³-hybridized carbons (Fsp3) is 0.500. The number of carbonyl (C=O) groups excluding carboxylic acids is 1. The third-order valence-corrected chi connectivity index (χ3v) is 6.44. The maximum absolute atomic E-state index is 12.0. The van der Waals surface area contributed by atoms with Crippen LogP contribution in [0.15, 0.2) is 41.6 Å². The van der Waals surface area contributed by atoms with E-state index < -0.39 is 9.84 Å². The third kappa shape index (κ3) is 6.16. The van der Waals surface area contributed by atoms with E-state index in [0.29, 0.717) is 30.6 Å². The molecule has 1 aromatic carbocycles. The number of amides is 1. The first kappa shape index (κ1) is 23.0. The number of hydrogen-bond acceptors (Lipinski definition) is 7. The molecule has 0 spiro atoms. The van der Waals surface area contributed by atoms with Gasteiger partial charge in [0.15, 0.2) is 9.84 Å². The van der Waals surface area contributed by atoms with Crippen LogP contribution in [0.2, 0.25) is 0 Å². The molecule has 1 fully saturated rings. The van der Waals surface area contributed by atoms with Crippen molar-refractivity contribution in [2.45, 2.75) is 50.7 Å². The van der Waals surface area contributed by atoms with Crippen LogP contribution < -0.4 is 4.74 Å². The van der Waals surface area contributed by atoms with Gasteiger partial charge in [-0.2, -0.15) is 0 Å². The van der Waals surface area contributed by atoms with Gasteiger partial charge < -0.3 is 14.4 Å². The predicted octanol–water partition coefficient (Wildman–Crippen LogP) is 3.57. The maximum Gasteiger partial charge on any atom is 0.410 e. The van der Waals surface area contributed by atoms with Gasteiger partial charge in [0, 0.05) is 24.9 Å². The number of likely N-dealkylation sites (tertiary alicyclic amines) is 1. The van der Waals surface area contributed by atoms with Gasteiger partial charge in [0.1, 0.15) is 6.10 Å². The van der Waals surface area contributed by atoms with Crippen LogP contribution in [0.5, 0.6) is 5.88 Å². The molecule has 3 rings (SSSR count). The quantitative estimate of drug-likeness (QED) is 0.667. The zero-order chi connectivity index (χ0) is 22.6. The van der Waals surface area contributed by atoms with Crippen LogP contribution >= 0.6 is 0 Å². The summed E-state index contributed by atoms with van der Waals surface area (Å²) in [7, 11) is -3.23. The number of rotatable bonds is 6. The van der Waals surface area contributed by atoms with Crippen LogP contribution in [0.25, 0.3) is 11.3 Å². The van der Waals surface area contributed by atoms with Gasteiger partial charge in [0.2, 0.25) is 5.88 Å². The highest BCUT2D eigenvalue weighted by atomic mass is 32.2. The van der Waals surface area contributed by atoms with Crippen molar-refractivity contribution in [2.75, 3.05) is 19.3 Å². The monoisotopic (exact) mass is 447 g/mol. The lowest BCUT2D eigenvalue weighted by Crippen LogP contribution is -2.42. The van der Waals surface area contributed by atoms with Crippen LogP contribution in [-0.2, 0) is 14.6 Å². The zero-order valence-electron chi connectivity index (χ0n) is 18.3. The van der Waals surface area contributed by atoms with E-state index in [4.69, 9.17) is 9.47 Å². The molecule has 8 nitrogen and oxygen atoms in total. The van der Waals surface area contributed by atoms with E-state index in [-0.39, 0.29) is 23.2 Å². The fourth-order valence-corrected chi connectivity index (χ4v) is 4.14. The Morgan fingerprint density at radius 2 is 1.71 bits per heavy atom. The van der Waals surface area contributed by atoms with E-state index in [1.54, 1.807) is 41.6 Å². The second-order valence-corrected chi connectivity index (χ2v) is 10.1. The molecule has 9 heteroatoms. The average molecular weight is 448 g/mol.